The molecule has 0 aliphatic carbocycles. The van der Waals surface area contributed by atoms with Crippen LogP contribution in [0.25, 0.3) is 11.1 Å². The maximum absolute atomic E-state index is 11.0. The Kier molecular flexibility index (Phi) is 2.81. The average Bonchev–Trinajstić information content (AvgIpc) is 2.53. The molecule has 0 spiro atoms. The van der Waals surface area contributed by atoms with E-state index >= 15 is 0 Å². The van der Waals surface area contributed by atoms with E-state index in [9.17, 15) is 4.79 Å². The van der Waals surface area contributed by atoms with Gasteiger partial charge < -0.3 is 15.9 Å². The van der Waals surface area contributed by atoms with Gasteiger partial charge in [-0.05, 0) is 38.0 Å². The molecule has 0 amide bonds. The van der Waals surface area contributed by atoms with Crippen LogP contribution in [0.15, 0.2) is 27.4 Å². The Hall–Kier alpha value is -1.59. The fourth-order valence-corrected chi connectivity index (χ4v) is 1.88. The van der Waals surface area contributed by atoms with Crippen LogP contribution < -0.4 is 17.2 Å². The lowest BCUT2D eigenvalue weighted by atomic mass is 9.92. The molecule has 2 rings (SSSR count). The minimum absolute atomic E-state index is 0.167. The van der Waals surface area contributed by atoms with Gasteiger partial charge in [0.25, 0.3) is 0 Å². The van der Waals surface area contributed by atoms with Crippen molar-refractivity contribution in [1.29, 1.82) is 0 Å². The van der Waals surface area contributed by atoms with E-state index in [0.717, 1.165) is 5.56 Å². The van der Waals surface area contributed by atoms with E-state index in [-0.39, 0.29) is 11.6 Å². The molecule has 0 fully saturated rings. The van der Waals surface area contributed by atoms with E-state index in [4.69, 9.17) is 15.9 Å². The van der Waals surface area contributed by atoms with Crippen molar-refractivity contribution in [2.24, 2.45) is 11.5 Å². The van der Waals surface area contributed by atoms with Crippen LogP contribution in [0, 0.1) is 0 Å². The number of aromatic nitrogens is 1. The van der Waals surface area contributed by atoms with Crippen LogP contribution in [0.4, 0.5) is 0 Å². The Bertz CT molecular complexity index is 577. The van der Waals surface area contributed by atoms with E-state index in [1.54, 1.807) is 12.1 Å². The van der Waals surface area contributed by atoms with E-state index in [1.807, 2.05) is 19.9 Å². The van der Waals surface area contributed by atoms with Crippen LogP contribution in [0.2, 0.25) is 0 Å². The van der Waals surface area contributed by atoms with Crippen molar-refractivity contribution in [1.82, 2.24) is 4.98 Å². The van der Waals surface area contributed by atoms with Crippen molar-refractivity contribution in [3.05, 3.63) is 34.3 Å². The molecule has 5 N–H and O–H groups in total. The molecule has 1 unspecified atom stereocenters. The van der Waals surface area contributed by atoms with Gasteiger partial charge in [0, 0.05) is 11.6 Å². The lowest BCUT2D eigenvalue weighted by Crippen LogP contribution is -2.35. The van der Waals surface area contributed by atoms with Gasteiger partial charge in [0.1, 0.15) is 0 Å². The third-order valence-electron chi connectivity index (χ3n) is 2.62. The number of oxazole rings is 1. The molecule has 1 aromatic carbocycles. The van der Waals surface area contributed by atoms with Crippen LogP contribution in [-0.4, -0.2) is 10.5 Å². The summed E-state index contributed by atoms with van der Waals surface area (Å²) in [7, 11) is 0. The number of benzene rings is 1. The highest BCUT2D eigenvalue weighted by molar-refractivity contribution is 5.72. The van der Waals surface area contributed by atoms with Crippen molar-refractivity contribution in [2.75, 3.05) is 0 Å². The van der Waals surface area contributed by atoms with Crippen molar-refractivity contribution < 1.29 is 4.42 Å². The summed E-state index contributed by atoms with van der Waals surface area (Å²) >= 11 is 0. The Morgan fingerprint density at radius 3 is 2.82 bits per heavy atom. The number of aromatic amines is 1. The van der Waals surface area contributed by atoms with Gasteiger partial charge in [0.15, 0.2) is 5.58 Å². The van der Waals surface area contributed by atoms with Crippen LogP contribution in [0.1, 0.15) is 31.9 Å². The first-order valence-corrected chi connectivity index (χ1v) is 5.52. The number of nitrogens with one attached hydrogen (secondary N) is 1. The zero-order valence-electron chi connectivity index (χ0n) is 9.99. The predicted octanol–water partition coefficient (Wildman–Crippen LogP) is 1.25. The van der Waals surface area contributed by atoms with Gasteiger partial charge in [-0.15, -0.1) is 0 Å². The molecule has 1 atom stereocenters. The fourth-order valence-electron chi connectivity index (χ4n) is 1.88. The lowest BCUT2D eigenvalue weighted by molar-refractivity contribution is 0.429. The SMILES string of the molecule is CC(C)(N)CC(N)c1ccc2[nH]c(=O)oc2c1. The molecular weight excluding hydrogens is 218 g/mol. The summed E-state index contributed by atoms with van der Waals surface area (Å²) in [5.41, 5.74) is 13.8. The highest BCUT2D eigenvalue weighted by atomic mass is 16.4. The summed E-state index contributed by atoms with van der Waals surface area (Å²) in [5.74, 6) is -0.454. The molecule has 0 radical (unpaired) electrons. The largest absolute Gasteiger partial charge is 0.417 e. The van der Waals surface area contributed by atoms with Crippen molar-refractivity contribution in [3.8, 4) is 0 Å². The first-order chi connectivity index (χ1) is 7.85. The van der Waals surface area contributed by atoms with Crippen LogP contribution in [0.5, 0.6) is 0 Å². The van der Waals surface area contributed by atoms with Gasteiger partial charge in [0.05, 0.1) is 5.52 Å². The summed E-state index contributed by atoms with van der Waals surface area (Å²) in [6.45, 7) is 3.86. The number of H-pyrrole nitrogens is 1. The average molecular weight is 235 g/mol. The first-order valence-electron chi connectivity index (χ1n) is 5.52. The van der Waals surface area contributed by atoms with E-state index in [2.05, 4.69) is 4.98 Å². The summed E-state index contributed by atoms with van der Waals surface area (Å²) in [6, 6.07) is 5.28. The Labute approximate surface area is 98.8 Å². The van der Waals surface area contributed by atoms with E-state index < -0.39 is 5.76 Å². The number of hydrogen-bond acceptors (Lipinski definition) is 4. The van der Waals surface area contributed by atoms with Gasteiger partial charge in [-0.3, -0.25) is 4.98 Å². The van der Waals surface area contributed by atoms with Crippen molar-refractivity contribution >= 4 is 11.1 Å². The minimum atomic E-state index is -0.454. The number of nitrogens with two attached hydrogens (primary N) is 2. The third-order valence-corrected chi connectivity index (χ3v) is 2.62. The van der Waals surface area contributed by atoms with Crippen LogP contribution in [-0.2, 0) is 0 Å². The highest BCUT2D eigenvalue weighted by Gasteiger charge is 2.18. The molecule has 0 aliphatic heterocycles. The van der Waals surface area contributed by atoms with Gasteiger partial charge in [-0.25, -0.2) is 4.79 Å². The van der Waals surface area contributed by atoms with Crippen molar-refractivity contribution in [3.63, 3.8) is 0 Å². The van der Waals surface area contributed by atoms with Gasteiger partial charge in [0.2, 0.25) is 0 Å². The molecule has 2 aromatic rings. The van der Waals surface area contributed by atoms with Crippen LogP contribution in [0.3, 0.4) is 0 Å². The molecular formula is C12H17N3O2. The van der Waals surface area contributed by atoms with E-state index in [1.165, 1.54) is 0 Å². The second-order valence-corrected chi connectivity index (χ2v) is 5.07. The number of hydrogen-bond donors (Lipinski definition) is 3. The molecule has 1 heterocycles. The normalized spacial score (nSPS) is 14.1. The fraction of sp³-hybridized carbons (Fsp3) is 0.417. The minimum Gasteiger partial charge on any atom is -0.408 e. The molecule has 1 aromatic heterocycles. The summed E-state index contributed by atoms with van der Waals surface area (Å²) in [6.07, 6.45) is 0.660. The lowest BCUT2D eigenvalue weighted by Gasteiger charge is -2.23. The molecule has 0 saturated carbocycles. The summed E-state index contributed by atoms with van der Waals surface area (Å²) in [4.78, 5) is 13.6. The summed E-state index contributed by atoms with van der Waals surface area (Å²) in [5, 5.41) is 0. The Balaban J connectivity index is 2.32. The standard InChI is InChI=1S/C12H17N3O2/c1-12(2,14)6-8(13)7-3-4-9-10(5-7)17-11(16)15-9/h3-5,8H,6,13-14H2,1-2H3,(H,15,16). The van der Waals surface area contributed by atoms with Gasteiger partial charge in [-0.2, -0.15) is 0 Å². The molecule has 5 heteroatoms. The molecule has 0 bridgehead atoms. The Morgan fingerprint density at radius 2 is 2.18 bits per heavy atom. The molecule has 92 valence electrons. The summed E-state index contributed by atoms with van der Waals surface area (Å²) < 4.78 is 4.99. The maximum atomic E-state index is 11.0. The first kappa shape index (κ1) is 11.9. The molecule has 0 saturated heterocycles. The van der Waals surface area contributed by atoms with Crippen molar-refractivity contribution in [2.45, 2.75) is 31.8 Å². The number of fused-ring (bicyclic) bond motifs is 1. The molecule has 0 aliphatic rings. The molecule has 5 nitrogen and oxygen atoms in total. The quantitative estimate of drug-likeness (QED) is 0.745. The second-order valence-electron chi connectivity index (χ2n) is 5.07. The third kappa shape index (κ3) is 2.75. The van der Waals surface area contributed by atoms with E-state index in [0.29, 0.717) is 17.5 Å². The zero-order valence-corrected chi connectivity index (χ0v) is 9.99. The Morgan fingerprint density at radius 1 is 1.47 bits per heavy atom. The monoisotopic (exact) mass is 235 g/mol. The van der Waals surface area contributed by atoms with Crippen LogP contribution >= 0.6 is 0 Å². The topological polar surface area (TPSA) is 98.0 Å². The smallest absolute Gasteiger partial charge is 0.408 e. The second kappa shape index (κ2) is 4.01. The van der Waals surface area contributed by atoms with Gasteiger partial charge >= 0.3 is 5.76 Å². The highest BCUT2D eigenvalue weighted by Crippen LogP contribution is 2.22. The predicted molar refractivity (Wildman–Crippen MR) is 66.6 cm³/mol. The molecule has 17 heavy (non-hydrogen) atoms. The zero-order chi connectivity index (χ0) is 12.6. The maximum Gasteiger partial charge on any atom is 0.417 e. The van der Waals surface area contributed by atoms with Gasteiger partial charge in [-0.1, -0.05) is 6.07 Å². The number of rotatable bonds is 3.